The van der Waals surface area contributed by atoms with E-state index < -0.39 is 0 Å². The highest BCUT2D eigenvalue weighted by Crippen LogP contribution is 2.24. The first kappa shape index (κ1) is 16.2. The van der Waals surface area contributed by atoms with Crippen molar-refractivity contribution in [3.8, 4) is 0 Å². The molecule has 2 aromatic carbocycles. The summed E-state index contributed by atoms with van der Waals surface area (Å²) in [7, 11) is 0. The molecule has 5 nitrogen and oxygen atoms in total. The number of hydrogen-bond donors (Lipinski definition) is 1. The van der Waals surface area contributed by atoms with Crippen LogP contribution < -0.4 is 10.2 Å². The summed E-state index contributed by atoms with van der Waals surface area (Å²) in [6, 6.07) is 15.7. The van der Waals surface area contributed by atoms with Gasteiger partial charge in [0.25, 0.3) is 5.95 Å². The summed E-state index contributed by atoms with van der Waals surface area (Å²) in [6.07, 6.45) is 1.59. The van der Waals surface area contributed by atoms with Gasteiger partial charge in [0.15, 0.2) is 5.82 Å². The van der Waals surface area contributed by atoms with Crippen LogP contribution in [-0.4, -0.2) is 21.7 Å². The Balaban J connectivity index is 1.88. The maximum absolute atomic E-state index is 6.01. The highest BCUT2D eigenvalue weighted by molar-refractivity contribution is 6.30. The van der Waals surface area contributed by atoms with E-state index in [-0.39, 0.29) is 0 Å². The molecule has 122 valence electrons. The minimum atomic E-state index is 0.551. The second kappa shape index (κ2) is 7.27. The molecule has 0 unspecified atom stereocenters. The molecular formula is C18H18ClN5. The molecule has 0 aliphatic heterocycles. The van der Waals surface area contributed by atoms with Gasteiger partial charge in [-0.3, -0.25) is 0 Å². The summed E-state index contributed by atoms with van der Waals surface area (Å²) < 4.78 is 0. The summed E-state index contributed by atoms with van der Waals surface area (Å²) in [5.74, 6) is 1.17. The summed E-state index contributed by atoms with van der Waals surface area (Å²) in [5.41, 5.74) is 3.08. The van der Waals surface area contributed by atoms with E-state index in [9.17, 15) is 0 Å². The second-order valence-electron chi connectivity index (χ2n) is 5.36. The molecule has 24 heavy (non-hydrogen) atoms. The van der Waals surface area contributed by atoms with Crippen molar-refractivity contribution in [1.29, 1.82) is 0 Å². The maximum Gasteiger partial charge on any atom is 0.251 e. The van der Waals surface area contributed by atoms with Crippen LogP contribution in [-0.2, 0) is 0 Å². The van der Waals surface area contributed by atoms with Gasteiger partial charge in [-0.25, -0.2) is 0 Å². The molecule has 3 aromatic rings. The number of halogens is 1. The Hall–Kier alpha value is -2.66. The molecule has 1 aromatic heterocycles. The van der Waals surface area contributed by atoms with E-state index in [2.05, 4.69) is 46.5 Å². The Kier molecular flexibility index (Phi) is 4.91. The summed E-state index contributed by atoms with van der Waals surface area (Å²) >= 11 is 6.01. The number of hydrogen-bond acceptors (Lipinski definition) is 5. The van der Waals surface area contributed by atoms with Gasteiger partial charge in [0.1, 0.15) is 0 Å². The minimum absolute atomic E-state index is 0.551. The first-order valence-corrected chi connectivity index (χ1v) is 8.10. The van der Waals surface area contributed by atoms with Gasteiger partial charge >= 0.3 is 0 Å². The Morgan fingerprint density at radius 3 is 2.71 bits per heavy atom. The van der Waals surface area contributed by atoms with Crippen LogP contribution in [0.5, 0.6) is 0 Å². The Bertz CT molecular complexity index is 837. The molecule has 0 aliphatic rings. The summed E-state index contributed by atoms with van der Waals surface area (Å²) in [4.78, 5) is 6.59. The van der Waals surface area contributed by atoms with E-state index in [0.717, 1.165) is 17.9 Å². The highest BCUT2D eigenvalue weighted by Gasteiger charge is 2.12. The van der Waals surface area contributed by atoms with Crippen molar-refractivity contribution in [2.24, 2.45) is 0 Å². The first-order chi connectivity index (χ1) is 11.7. The van der Waals surface area contributed by atoms with Crippen LogP contribution in [0.4, 0.5) is 23.1 Å². The van der Waals surface area contributed by atoms with E-state index >= 15 is 0 Å². The molecule has 0 fully saturated rings. The molecule has 0 saturated carbocycles. The van der Waals surface area contributed by atoms with Gasteiger partial charge in [0, 0.05) is 22.9 Å². The van der Waals surface area contributed by atoms with Crippen LogP contribution in [0.3, 0.4) is 0 Å². The lowest BCUT2D eigenvalue weighted by Crippen LogP contribution is -2.19. The van der Waals surface area contributed by atoms with Crippen LogP contribution >= 0.6 is 11.6 Å². The van der Waals surface area contributed by atoms with Gasteiger partial charge in [-0.1, -0.05) is 29.8 Å². The Morgan fingerprint density at radius 2 is 1.96 bits per heavy atom. The van der Waals surface area contributed by atoms with Crippen molar-refractivity contribution in [3.05, 3.63) is 65.3 Å². The third-order valence-electron chi connectivity index (χ3n) is 3.52. The number of nitrogens with zero attached hydrogens (tertiary/aromatic N) is 4. The molecule has 0 spiro atoms. The fourth-order valence-electron chi connectivity index (χ4n) is 2.42. The van der Waals surface area contributed by atoms with E-state index in [1.54, 1.807) is 6.20 Å². The molecule has 0 aliphatic carbocycles. The van der Waals surface area contributed by atoms with Crippen molar-refractivity contribution in [1.82, 2.24) is 15.2 Å². The van der Waals surface area contributed by atoms with E-state index in [0.29, 0.717) is 16.8 Å². The molecule has 0 saturated heterocycles. The largest absolute Gasteiger partial charge is 0.339 e. The third-order valence-corrected chi connectivity index (χ3v) is 3.75. The van der Waals surface area contributed by atoms with Crippen LogP contribution in [0.1, 0.15) is 12.5 Å². The average molecular weight is 340 g/mol. The zero-order valence-electron chi connectivity index (χ0n) is 13.6. The number of aryl methyl sites for hydroxylation is 1. The molecular weight excluding hydrogens is 322 g/mol. The molecule has 0 atom stereocenters. The zero-order chi connectivity index (χ0) is 16.9. The quantitative estimate of drug-likeness (QED) is 0.728. The van der Waals surface area contributed by atoms with Crippen LogP contribution in [0, 0.1) is 6.92 Å². The van der Waals surface area contributed by atoms with Gasteiger partial charge in [-0.2, -0.15) is 10.1 Å². The lowest BCUT2D eigenvalue weighted by atomic mass is 10.2. The molecule has 0 radical (unpaired) electrons. The molecule has 0 bridgehead atoms. The van der Waals surface area contributed by atoms with Gasteiger partial charge in [-0.05, 0) is 49.7 Å². The van der Waals surface area contributed by atoms with E-state index in [1.807, 2.05) is 41.3 Å². The fourth-order valence-corrected chi connectivity index (χ4v) is 2.61. The van der Waals surface area contributed by atoms with Crippen molar-refractivity contribution < 1.29 is 0 Å². The van der Waals surface area contributed by atoms with Crippen LogP contribution in [0.25, 0.3) is 0 Å². The molecule has 6 heteroatoms. The van der Waals surface area contributed by atoms with Gasteiger partial charge in [-0.15, -0.1) is 5.10 Å². The van der Waals surface area contributed by atoms with Crippen molar-refractivity contribution in [3.63, 3.8) is 0 Å². The monoisotopic (exact) mass is 339 g/mol. The van der Waals surface area contributed by atoms with E-state index in [4.69, 9.17) is 11.6 Å². The second-order valence-corrected chi connectivity index (χ2v) is 5.80. The fraction of sp³-hybridized carbons (Fsp3) is 0.167. The number of rotatable bonds is 5. The van der Waals surface area contributed by atoms with Crippen LogP contribution in [0.2, 0.25) is 5.02 Å². The standard InChI is InChI=1S/C18H18ClN5/c1-3-24(16-9-4-6-13(2)10-16)18-22-17(12-20-23-18)21-15-8-5-7-14(19)11-15/h4-12H,3H2,1-2H3,(H,21,22,23). The predicted octanol–water partition coefficient (Wildman–Crippen LogP) is 4.74. The number of aromatic nitrogens is 3. The van der Waals surface area contributed by atoms with Crippen molar-refractivity contribution >= 4 is 34.7 Å². The topological polar surface area (TPSA) is 53.9 Å². The number of anilines is 4. The average Bonchev–Trinajstić information content (AvgIpc) is 2.56. The molecule has 0 amide bonds. The molecule has 1 N–H and O–H groups in total. The Labute approximate surface area is 146 Å². The van der Waals surface area contributed by atoms with E-state index in [1.165, 1.54) is 5.56 Å². The molecule has 1 heterocycles. The lowest BCUT2D eigenvalue weighted by molar-refractivity contribution is 0.886. The molecule has 3 rings (SSSR count). The Morgan fingerprint density at radius 1 is 1.12 bits per heavy atom. The number of nitrogens with one attached hydrogen (secondary N) is 1. The van der Waals surface area contributed by atoms with Gasteiger partial charge in [0.2, 0.25) is 0 Å². The van der Waals surface area contributed by atoms with Gasteiger partial charge in [0.05, 0.1) is 6.20 Å². The normalized spacial score (nSPS) is 10.5. The van der Waals surface area contributed by atoms with Gasteiger partial charge < -0.3 is 10.2 Å². The maximum atomic E-state index is 6.01. The minimum Gasteiger partial charge on any atom is -0.339 e. The predicted molar refractivity (Wildman–Crippen MR) is 98.4 cm³/mol. The van der Waals surface area contributed by atoms with Crippen molar-refractivity contribution in [2.75, 3.05) is 16.8 Å². The highest BCUT2D eigenvalue weighted by atomic mass is 35.5. The lowest BCUT2D eigenvalue weighted by Gasteiger charge is -2.21. The van der Waals surface area contributed by atoms with Crippen molar-refractivity contribution in [2.45, 2.75) is 13.8 Å². The summed E-state index contributed by atoms with van der Waals surface area (Å²) in [5, 5.41) is 12.1. The number of benzene rings is 2. The third kappa shape index (κ3) is 3.81. The zero-order valence-corrected chi connectivity index (χ0v) is 14.3. The van der Waals surface area contributed by atoms with Crippen LogP contribution in [0.15, 0.2) is 54.7 Å². The smallest absolute Gasteiger partial charge is 0.251 e. The first-order valence-electron chi connectivity index (χ1n) is 7.72. The summed E-state index contributed by atoms with van der Waals surface area (Å²) in [6.45, 7) is 4.86. The SMILES string of the molecule is CCN(c1cccc(C)c1)c1nncc(Nc2cccc(Cl)c2)n1.